The van der Waals surface area contributed by atoms with Gasteiger partial charge in [0.25, 0.3) is 5.91 Å². The lowest BCUT2D eigenvalue weighted by Crippen LogP contribution is -2.15. The summed E-state index contributed by atoms with van der Waals surface area (Å²) in [7, 11) is 0. The quantitative estimate of drug-likeness (QED) is 0.854. The number of benzene rings is 2. The minimum absolute atomic E-state index is 0.0776. The number of aliphatic hydroxyl groups excluding tert-OH is 1. The van der Waals surface area contributed by atoms with Crippen molar-refractivity contribution in [1.82, 2.24) is 0 Å². The molecule has 0 aliphatic rings. The second kappa shape index (κ2) is 7.76. The van der Waals surface area contributed by atoms with Crippen LogP contribution in [0.1, 0.15) is 35.3 Å². The Hall–Kier alpha value is -2.13. The van der Waals surface area contributed by atoms with E-state index in [1.54, 1.807) is 0 Å². The Morgan fingerprint density at radius 3 is 2.41 bits per heavy atom. The van der Waals surface area contributed by atoms with Gasteiger partial charge in [0, 0.05) is 17.9 Å². The van der Waals surface area contributed by atoms with Crippen molar-refractivity contribution in [3.05, 3.63) is 65.2 Å². The second-order valence-electron chi connectivity index (χ2n) is 5.88. The van der Waals surface area contributed by atoms with Gasteiger partial charge in [-0.15, -0.1) is 0 Å². The summed E-state index contributed by atoms with van der Waals surface area (Å²) in [6, 6.07) is 15.3. The molecule has 0 unspecified atom stereocenters. The van der Waals surface area contributed by atoms with E-state index in [0.717, 1.165) is 28.8 Å². The van der Waals surface area contributed by atoms with Gasteiger partial charge in [0.2, 0.25) is 0 Å². The predicted octanol–water partition coefficient (Wildman–Crippen LogP) is 3.67. The van der Waals surface area contributed by atoms with Crippen molar-refractivity contribution < 1.29 is 9.90 Å². The molecule has 2 aromatic carbocycles. The molecule has 0 atom stereocenters. The van der Waals surface area contributed by atoms with Gasteiger partial charge in [0.15, 0.2) is 0 Å². The van der Waals surface area contributed by atoms with E-state index in [0.29, 0.717) is 12.3 Å². The number of rotatable bonds is 6. The number of amides is 1. The zero-order valence-electron chi connectivity index (χ0n) is 13.2. The van der Waals surface area contributed by atoms with Crippen LogP contribution < -0.4 is 5.32 Å². The first-order valence-corrected chi connectivity index (χ1v) is 7.69. The lowest BCUT2D eigenvalue weighted by atomic mass is 9.97. The van der Waals surface area contributed by atoms with Crippen LogP contribution in [0, 0.1) is 5.92 Å². The van der Waals surface area contributed by atoms with E-state index in [9.17, 15) is 4.79 Å². The maximum absolute atomic E-state index is 12.5. The third-order valence-electron chi connectivity index (χ3n) is 3.50. The molecule has 0 saturated heterocycles. The van der Waals surface area contributed by atoms with Crippen LogP contribution in [-0.4, -0.2) is 17.6 Å². The van der Waals surface area contributed by atoms with E-state index in [1.165, 1.54) is 0 Å². The molecule has 2 N–H and O–H groups in total. The molecule has 0 radical (unpaired) electrons. The fourth-order valence-electron chi connectivity index (χ4n) is 2.44. The summed E-state index contributed by atoms with van der Waals surface area (Å²) in [6.07, 6.45) is 1.52. The molecule has 3 nitrogen and oxygen atoms in total. The molecule has 0 aliphatic carbocycles. The van der Waals surface area contributed by atoms with E-state index >= 15 is 0 Å². The third kappa shape index (κ3) is 4.43. The highest BCUT2D eigenvalue weighted by molar-refractivity contribution is 6.05. The average Bonchev–Trinajstić information content (AvgIpc) is 2.49. The first-order chi connectivity index (χ1) is 10.6. The minimum Gasteiger partial charge on any atom is -0.396 e. The number of carbonyl (C=O) groups is 1. The van der Waals surface area contributed by atoms with E-state index in [1.807, 2.05) is 48.5 Å². The lowest BCUT2D eigenvalue weighted by molar-refractivity contribution is 0.102. The van der Waals surface area contributed by atoms with Crippen molar-refractivity contribution >= 4 is 11.6 Å². The Morgan fingerprint density at radius 1 is 1.09 bits per heavy atom. The molecule has 0 fully saturated rings. The van der Waals surface area contributed by atoms with Gasteiger partial charge in [-0.25, -0.2) is 0 Å². The minimum atomic E-state index is -0.0776. The van der Waals surface area contributed by atoms with Gasteiger partial charge in [-0.2, -0.15) is 0 Å². The first-order valence-electron chi connectivity index (χ1n) is 7.69. The van der Waals surface area contributed by atoms with Crippen LogP contribution in [0.2, 0.25) is 0 Å². The smallest absolute Gasteiger partial charge is 0.255 e. The van der Waals surface area contributed by atoms with E-state index < -0.39 is 0 Å². The molecule has 1 amide bonds. The van der Waals surface area contributed by atoms with Crippen molar-refractivity contribution in [2.24, 2.45) is 5.92 Å². The maximum Gasteiger partial charge on any atom is 0.255 e. The SMILES string of the molecule is CC(C)Cc1ccccc1C(=O)Nc1ccc(CCO)cc1. The standard InChI is InChI=1S/C19H23NO2/c1-14(2)13-16-5-3-4-6-18(16)19(22)20-17-9-7-15(8-10-17)11-12-21/h3-10,14,21H,11-13H2,1-2H3,(H,20,22). The number of hydrogen-bond donors (Lipinski definition) is 2. The molecule has 2 rings (SSSR count). The fraction of sp³-hybridized carbons (Fsp3) is 0.316. The van der Waals surface area contributed by atoms with Gasteiger partial charge in [-0.1, -0.05) is 44.2 Å². The Balaban J connectivity index is 2.12. The summed E-state index contributed by atoms with van der Waals surface area (Å²) in [5, 5.41) is 11.9. The summed E-state index contributed by atoms with van der Waals surface area (Å²) >= 11 is 0. The topological polar surface area (TPSA) is 49.3 Å². The monoisotopic (exact) mass is 297 g/mol. The molecule has 2 aromatic rings. The highest BCUT2D eigenvalue weighted by Crippen LogP contribution is 2.17. The molecule has 0 saturated carbocycles. The Morgan fingerprint density at radius 2 is 1.77 bits per heavy atom. The maximum atomic E-state index is 12.5. The van der Waals surface area contributed by atoms with Gasteiger partial charge in [0.1, 0.15) is 0 Å². The van der Waals surface area contributed by atoms with Crippen LogP contribution in [0.4, 0.5) is 5.69 Å². The molecule has 0 aromatic heterocycles. The molecule has 0 aliphatic heterocycles. The van der Waals surface area contributed by atoms with Crippen molar-refractivity contribution in [2.45, 2.75) is 26.7 Å². The third-order valence-corrected chi connectivity index (χ3v) is 3.50. The highest BCUT2D eigenvalue weighted by atomic mass is 16.2. The zero-order valence-corrected chi connectivity index (χ0v) is 13.2. The van der Waals surface area contributed by atoms with Crippen molar-refractivity contribution in [2.75, 3.05) is 11.9 Å². The Labute approximate surface area is 132 Å². The van der Waals surface area contributed by atoms with E-state index in [4.69, 9.17) is 5.11 Å². The molecule has 0 spiro atoms. The molecule has 116 valence electrons. The van der Waals surface area contributed by atoms with E-state index in [-0.39, 0.29) is 12.5 Å². The summed E-state index contributed by atoms with van der Waals surface area (Å²) in [5.41, 5.74) is 3.63. The highest BCUT2D eigenvalue weighted by Gasteiger charge is 2.12. The van der Waals surface area contributed by atoms with Gasteiger partial charge >= 0.3 is 0 Å². The van der Waals surface area contributed by atoms with Crippen molar-refractivity contribution in [3.8, 4) is 0 Å². The number of nitrogens with one attached hydrogen (secondary N) is 1. The molecule has 0 bridgehead atoms. The van der Waals surface area contributed by atoms with Crippen LogP contribution in [0.5, 0.6) is 0 Å². The van der Waals surface area contributed by atoms with Crippen LogP contribution in [0.15, 0.2) is 48.5 Å². The number of anilines is 1. The Bertz CT molecular complexity index is 618. The summed E-state index contributed by atoms with van der Waals surface area (Å²) in [4.78, 5) is 12.5. The lowest BCUT2D eigenvalue weighted by Gasteiger charge is -2.12. The molecular formula is C19H23NO2. The number of hydrogen-bond acceptors (Lipinski definition) is 2. The second-order valence-corrected chi connectivity index (χ2v) is 5.88. The van der Waals surface area contributed by atoms with Gasteiger partial charge < -0.3 is 10.4 Å². The first kappa shape index (κ1) is 16.2. The molecular weight excluding hydrogens is 274 g/mol. The molecule has 0 heterocycles. The largest absolute Gasteiger partial charge is 0.396 e. The van der Waals surface area contributed by atoms with Gasteiger partial charge in [-0.05, 0) is 48.1 Å². The summed E-state index contributed by atoms with van der Waals surface area (Å²) < 4.78 is 0. The van der Waals surface area contributed by atoms with E-state index in [2.05, 4.69) is 19.2 Å². The fourth-order valence-corrected chi connectivity index (χ4v) is 2.44. The number of aliphatic hydroxyl groups is 1. The normalized spacial score (nSPS) is 10.7. The Kier molecular flexibility index (Phi) is 5.73. The molecule has 22 heavy (non-hydrogen) atoms. The van der Waals surface area contributed by atoms with Crippen LogP contribution in [0.3, 0.4) is 0 Å². The van der Waals surface area contributed by atoms with Crippen LogP contribution in [-0.2, 0) is 12.8 Å². The van der Waals surface area contributed by atoms with Crippen molar-refractivity contribution in [3.63, 3.8) is 0 Å². The van der Waals surface area contributed by atoms with Crippen LogP contribution in [0.25, 0.3) is 0 Å². The van der Waals surface area contributed by atoms with Crippen molar-refractivity contribution in [1.29, 1.82) is 0 Å². The average molecular weight is 297 g/mol. The zero-order chi connectivity index (χ0) is 15.9. The predicted molar refractivity (Wildman–Crippen MR) is 90.2 cm³/mol. The summed E-state index contributed by atoms with van der Waals surface area (Å²) in [5.74, 6) is 0.429. The summed E-state index contributed by atoms with van der Waals surface area (Å²) in [6.45, 7) is 4.43. The van der Waals surface area contributed by atoms with Gasteiger partial charge in [0.05, 0.1) is 0 Å². The van der Waals surface area contributed by atoms with Gasteiger partial charge in [-0.3, -0.25) is 4.79 Å². The van der Waals surface area contributed by atoms with Crippen LogP contribution >= 0.6 is 0 Å². The molecule has 3 heteroatoms. The number of carbonyl (C=O) groups excluding carboxylic acids is 1.